The molecule has 1 rings (SSSR count). The van der Waals surface area contributed by atoms with Crippen LogP contribution < -0.4 is 5.48 Å². The van der Waals surface area contributed by atoms with Crippen LogP contribution in [0.15, 0.2) is 24.5 Å². The van der Waals surface area contributed by atoms with Crippen LogP contribution in [0, 0.1) is 11.8 Å². The van der Waals surface area contributed by atoms with Gasteiger partial charge in [0.05, 0.1) is 6.04 Å². The van der Waals surface area contributed by atoms with Gasteiger partial charge in [-0.1, -0.05) is 11.8 Å². The molecule has 0 saturated heterocycles. The Morgan fingerprint density at radius 2 is 2.50 bits per heavy atom. The van der Waals surface area contributed by atoms with Crippen molar-refractivity contribution in [3.63, 3.8) is 0 Å². The van der Waals surface area contributed by atoms with E-state index in [1.807, 2.05) is 17.6 Å². The van der Waals surface area contributed by atoms with Gasteiger partial charge in [0.25, 0.3) is 0 Å². The van der Waals surface area contributed by atoms with Crippen molar-refractivity contribution in [2.75, 3.05) is 0 Å². The summed E-state index contributed by atoms with van der Waals surface area (Å²) in [6, 6.07) is 3.47. The molecule has 0 radical (unpaired) electrons. The maximum Gasteiger partial charge on any atom is 0.0901 e. The monoisotopic (exact) mass is 162 g/mol. The molecule has 0 aromatic carbocycles. The predicted molar refractivity (Wildman–Crippen MR) is 45.5 cm³/mol. The molecule has 3 nitrogen and oxygen atoms in total. The predicted octanol–water partition coefficient (Wildman–Crippen LogP) is 0.800. The van der Waals surface area contributed by atoms with Crippen molar-refractivity contribution in [2.45, 2.75) is 13.0 Å². The summed E-state index contributed by atoms with van der Waals surface area (Å²) in [5.41, 5.74) is 2.89. The third kappa shape index (κ3) is 2.70. The minimum absolute atomic E-state index is 0.217. The second-order valence-corrected chi connectivity index (χ2v) is 2.36. The molecule has 0 spiro atoms. The Balaban J connectivity index is 2.67. The summed E-state index contributed by atoms with van der Waals surface area (Å²) in [6.45, 7) is 1.77. The third-order valence-electron chi connectivity index (χ3n) is 1.29. The average Bonchev–Trinajstić information content (AvgIpc) is 2.16. The maximum atomic E-state index is 8.44. The first-order valence-electron chi connectivity index (χ1n) is 3.64. The molecule has 1 unspecified atom stereocenters. The Bertz CT molecular complexity index is 286. The maximum absolute atomic E-state index is 8.44. The molecule has 1 atom stereocenters. The number of hydroxylamine groups is 1. The van der Waals surface area contributed by atoms with Crippen LogP contribution in [-0.4, -0.2) is 16.2 Å². The minimum Gasteiger partial charge on any atom is -0.316 e. The van der Waals surface area contributed by atoms with Gasteiger partial charge in [0.15, 0.2) is 0 Å². The molecule has 0 saturated carbocycles. The average molecular weight is 162 g/mol. The minimum atomic E-state index is -0.217. The number of rotatable bonds is 1. The molecule has 0 amide bonds. The summed E-state index contributed by atoms with van der Waals surface area (Å²) in [6.07, 6.45) is 3.37. The summed E-state index contributed by atoms with van der Waals surface area (Å²) in [5, 5.41) is 8.44. The Morgan fingerprint density at radius 1 is 1.67 bits per heavy atom. The highest BCUT2D eigenvalue weighted by atomic mass is 16.5. The van der Waals surface area contributed by atoms with Crippen LogP contribution in [0.3, 0.4) is 0 Å². The van der Waals surface area contributed by atoms with Gasteiger partial charge < -0.3 is 5.21 Å². The highest BCUT2D eigenvalue weighted by molar-refractivity contribution is 5.32. The zero-order valence-electron chi connectivity index (χ0n) is 6.78. The Hall–Kier alpha value is -1.37. The van der Waals surface area contributed by atoms with E-state index in [1.165, 1.54) is 0 Å². The quantitative estimate of drug-likeness (QED) is 0.474. The first-order chi connectivity index (χ1) is 5.83. The molecule has 3 heteroatoms. The first kappa shape index (κ1) is 8.72. The topological polar surface area (TPSA) is 45.2 Å². The fourth-order valence-electron chi connectivity index (χ4n) is 0.661. The lowest BCUT2D eigenvalue weighted by Crippen LogP contribution is -2.19. The van der Waals surface area contributed by atoms with Crippen LogP contribution in [-0.2, 0) is 0 Å². The highest BCUT2D eigenvalue weighted by Crippen LogP contribution is 1.91. The van der Waals surface area contributed by atoms with Gasteiger partial charge in [-0.2, -0.15) is 5.48 Å². The number of hydrogen-bond donors (Lipinski definition) is 2. The van der Waals surface area contributed by atoms with Crippen LogP contribution in [0.5, 0.6) is 0 Å². The smallest absolute Gasteiger partial charge is 0.0901 e. The van der Waals surface area contributed by atoms with Crippen molar-refractivity contribution < 1.29 is 5.21 Å². The molecule has 0 bridgehead atoms. The number of hydrogen-bond acceptors (Lipinski definition) is 3. The van der Waals surface area contributed by atoms with E-state index in [1.54, 1.807) is 19.3 Å². The molecule has 1 heterocycles. The summed E-state index contributed by atoms with van der Waals surface area (Å²) in [5.74, 6) is 5.66. The van der Waals surface area contributed by atoms with Crippen molar-refractivity contribution >= 4 is 0 Å². The van der Waals surface area contributed by atoms with Crippen molar-refractivity contribution in [1.29, 1.82) is 0 Å². The van der Waals surface area contributed by atoms with Crippen LogP contribution in [0.4, 0.5) is 0 Å². The van der Waals surface area contributed by atoms with E-state index < -0.39 is 0 Å². The summed E-state index contributed by atoms with van der Waals surface area (Å²) < 4.78 is 0. The second-order valence-electron chi connectivity index (χ2n) is 2.36. The normalized spacial score (nSPS) is 11.5. The molecular weight excluding hydrogens is 152 g/mol. The van der Waals surface area contributed by atoms with Crippen molar-refractivity contribution in [3.8, 4) is 11.8 Å². The van der Waals surface area contributed by atoms with E-state index in [-0.39, 0.29) is 6.04 Å². The van der Waals surface area contributed by atoms with Gasteiger partial charge in [-0.05, 0) is 19.1 Å². The van der Waals surface area contributed by atoms with E-state index in [0.717, 1.165) is 5.56 Å². The highest BCUT2D eigenvalue weighted by Gasteiger charge is 1.89. The van der Waals surface area contributed by atoms with E-state index >= 15 is 0 Å². The standard InChI is InChI=1S/C9H10N2O/c1-8(11-12)4-5-9-3-2-6-10-7-9/h2-3,6-8,11-12H,1H3. The molecule has 0 aliphatic heterocycles. The van der Waals surface area contributed by atoms with Gasteiger partial charge in [-0.15, -0.1) is 0 Å². The Kier molecular flexibility index (Phi) is 3.27. The first-order valence-corrected chi connectivity index (χ1v) is 3.64. The van der Waals surface area contributed by atoms with Crippen LogP contribution >= 0.6 is 0 Å². The zero-order valence-corrected chi connectivity index (χ0v) is 6.78. The zero-order chi connectivity index (χ0) is 8.81. The fraction of sp³-hybridized carbons (Fsp3) is 0.222. The Labute approximate surface area is 71.4 Å². The van der Waals surface area contributed by atoms with Crippen molar-refractivity contribution in [2.24, 2.45) is 0 Å². The Morgan fingerprint density at radius 3 is 3.08 bits per heavy atom. The molecule has 12 heavy (non-hydrogen) atoms. The molecule has 0 aliphatic rings. The molecule has 1 aromatic rings. The van der Waals surface area contributed by atoms with Crippen LogP contribution in [0.1, 0.15) is 12.5 Å². The number of aromatic nitrogens is 1. The molecule has 0 aliphatic carbocycles. The van der Waals surface area contributed by atoms with Gasteiger partial charge in [0, 0.05) is 18.0 Å². The summed E-state index contributed by atoms with van der Waals surface area (Å²) >= 11 is 0. The lowest BCUT2D eigenvalue weighted by atomic mass is 10.2. The van der Waals surface area contributed by atoms with Crippen LogP contribution in [0.25, 0.3) is 0 Å². The summed E-state index contributed by atoms with van der Waals surface area (Å²) in [4.78, 5) is 3.90. The second kappa shape index (κ2) is 4.50. The number of nitrogens with zero attached hydrogens (tertiary/aromatic N) is 1. The lowest BCUT2D eigenvalue weighted by Gasteiger charge is -1.96. The fourth-order valence-corrected chi connectivity index (χ4v) is 0.661. The van der Waals surface area contributed by atoms with Gasteiger partial charge in [-0.3, -0.25) is 4.98 Å². The van der Waals surface area contributed by atoms with Crippen molar-refractivity contribution in [3.05, 3.63) is 30.1 Å². The van der Waals surface area contributed by atoms with E-state index in [2.05, 4.69) is 16.8 Å². The third-order valence-corrected chi connectivity index (χ3v) is 1.29. The molecule has 62 valence electrons. The number of nitrogens with one attached hydrogen (secondary N) is 1. The lowest BCUT2D eigenvalue weighted by molar-refractivity contribution is 0.152. The van der Waals surface area contributed by atoms with E-state index in [0.29, 0.717) is 0 Å². The van der Waals surface area contributed by atoms with Crippen LogP contribution in [0.2, 0.25) is 0 Å². The molecule has 2 N–H and O–H groups in total. The van der Waals surface area contributed by atoms with E-state index in [4.69, 9.17) is 5.21 Å². The van der Waals surface area contributed by atoms with Gasteiger partial charge in [-0.25, -0.2) is 0 Å². The summed E-state index contributed by atoms with van der Waals surface area (Å²) in [7, 11) is 0. The molecule has 1 aromatic heterocycles. The number of pyridine rings is 1. The van der Waals surface area contributed by atoms with Gasteiger partial charge >= 0.3 is 0 Å². The molecular formula is C9H10N2O. The van der Waals surface area contributed by atoms with Gasteiger partial charge in [0.2, 0.25) is 0 Å². The SMILES string of the molecule is CC(C#Cc1cccnc1)NO. The van der Waals surface area contributed by atoms with Crippen molar-refractivity contribution in [1.82, 2.24) is 10.5 Å². The van der Waals surface area contributed by atoms with E-state index in [9.17, 15) is 0 Å². The molecule has 0 fully saturated rings. The van der Waals surface area contributed by atoms with Gasteiger partial charge in [0.1, 0.15) is 0 Å². The largest absolute Gasteiger partial charge is 0.316 e.